The van der Waals surface area contributed by atoms with E-state index in [-0.39, 0.29) is 24.6 Å². The number of fused-ring (bicyclic) bond motifs is 4. The quantitative estimate of drug-likeness (QED) is 0.216. The molecule has 0 amide bonds. The molecule has 8 rings (SSSR count). The maximum atomic E-state index is 12.6. The van der Waals surface area contributed by atoms with Gasteiger partial charge in [0.1, 0.15) is 5.01 Å². The second kappa shape index (κ2) is 10.2. The Kier molecular flexibility index (Phi) is 6.33. The summed E-state index contributed by atoms with van der Waals surface area (Å²) in [5.74, 6) is 0.000438. The van der Waals surface area contributed by atoms with Gasteiger partial charge in [-0.1, -0.05) is 84.9 Å². The van der Waals surface area contributed by atoms with Crippen molar-refractivity contribution in [2.75, 3.05) is 0 Å². The Hall–Kier alpha value is -4.46. The Morgan fingerprint density at radius 1 is 0.610 bits per heavy atom. The number of thiazole rings is 1. The van der Waals surface area contributed by atoms with Crippen LogP contribution in [0.2, 0.25) is 0 Å². The predicted octanol–water partition coefficient (Wildman–Crippen LogP) is 5.65. The largest absolute Gasteiger partial charge is 1.00 e. The van der Waals surface area contributed by atoms with Crippen LogP contribution in [0.25, 0.3) is 75.5 Å². The first-order valence-corrected chi connectivity index (χ1v) is 14.1. The monoisotopic (exact) mass is 537 g/mol. The molecule has 0 spiro atoms. The molecule has 0 radical (unpaired) electrons. The number of hydrogen-bond donors (Lipinski definition) is 0. The second-order valence-electron chi connectivity index (χ2n) is 10.0. The van der Waals surface area contributed by atoms with E-state index in [9.17, 15) is 5.11 Å². The minimum atomic E-state index is 0. The Morgan fingerprint density at radius 3 is 2.22 bits per heavy atom. The van der Waals surface area contributed by atoms with Crippen LogP contribution in [0.3, 0.4) is 0 Å². The molecule has 0 atom stereocenters. The third-order valence-corrected chi connectivity index (χ3v) is 8.77. The molecular weight excluding hydrogens is 515 g/mol. The molecule has 8 aromatic rings. The first-order valence-electron chi connectivity index (χ1n) is 13.3. The standard InChI is InChI=1S/C36H22N2OS.Li/c39-32-18-17-29(30-8-5-19-37-35(30)32)34-27-7-2-1-6-25(27)21-26-20-24(15-16-28(26)34)22-11-13-23(14-12-22)36-38-31-9-3-4-10-33(31)40-36;/h1-21,39H;/q;+1. The Balaban J connectivity index is 0.00000276. The smallest absolute Gasteiger partial charge is 0.868 e. The third kappa shape index (κ3) is 4.29. The number of para-hydroxylation sites is 1. The van der Waals surface area contributed by atoms with E-state index in [1.54, 1.807) is 17.4 Å². The summed E-state index contributed by atoms with van der Waals surface area (Å²) >= 11 is 1.72. The van der Waals surface area contributed by atoms with Crippen LogP contribution in [0.15, 0.2) is 128 Å². The molecule has 2 aromatic heterocycles. The number of aromatic amines is 1. The fourth-order valence-electron chi connectivity index (χ4n) is 5.76. The van der Waals surface area contributed by atoms with E-state index in [0.29, 0.717) is 5.52 Å². The number of H-pyrrole nitrogens is 1. The van der Waals surface area contributed by atoms with Crippen LogP contribution >= 0.6 is 11.3 Å². The second-order valence-corrected chi connectivity index (χ2v) is 11.1. The van der Waals surface area contributed by atoms with E-state index in [1.807, 2.05) is 30.5 Å². The van der Waals surface area contributed by atoms with Gasteiger partial charge in [0.25, 0.3) is 0 Å². The van der Waals surface area contributed by atoms with Gasteiger partial charge in [-0.2, -0.15) is 0 Å². The number of benzene rings is 6. The van der Waals surface area contributed by atoms with Crippen molar-refractivity contribution < 1.29 is 29.0 Å². The number of nitrogens with one attached hydrogen (secondary N) is 1. The molecular formula is C36H22LiN2OS+. The van der Waals surface area contributed by atoms with Crippen molar-refractivity contribution in [3.8, 4) is 38.6 Å². The normalized spacial score (nSPS) is 11.3. The van der Waals surface area contributed by atoms with Crippen LogP contribution in [0, 0.1) is 0 Å². The van der Waals surface area contributed by atoms with E-state index in [1.165, 1.54) is 20.9 Å². The van der Waals surface area contributed by atoms with Gasteiger partial charge in [-0.15, -0.1) is 11.3 Å². The molecule has 41 heavy (non-hydrogen) atoms. The molecule has 0 aliphatic carbocycles. The third-order valence-electron chi connectivity index (χ3n) is 7.68. The first kappa shape index (κ1) is 25.5. The summed E-state index contributed by atoms with van der Waals surface area (Å²) in [5.41, 5.74) is 7.33. The number of nitrogens with zero attached hydrogens (tertiary/aromatic N) is 1. The van der Waals surface area contributed by atoms with E-state index >= 15 is 0 Å². The van der Waals surface area contributed by atoms with Crippen molar-refractivity contribution in [3.63, 3.8) is 0 Å². The van der Waals surface area contributed by atoms with Gasteiger partial charge in [-0.3, -0.25) is 0 Å². The summed E-state index contributed by atoms with van der Waals surface area (Å²) < 4.78 is 1.20. The number of rotatable bonds is 3. The minimum Gasteiger partial charge on any atom is -0.868 e. The summed E-state index contributed by atoms with van der Waals surface area (Å²) in [5, 5.41) is 19.3. The van der Waals surface area contributed by atoms with Gasteiger partial charge in [-0.05, 0) is 79.9 Å². The topological polar surface area (TPSA) is 50.1 Å². The fraction of sp³-hybridized carbons (Fsp3) is 0. The fourth-order valence-corrected chi connectivity index (χ4v) is 6.73. The molecule has 0 bridgehead atoms. The van der Waals surface area contributed by atoms with Crippen LogP contribution < -0.4 is 29.0 Å². The number of aromatic nitrogens is 2. The van der Waals surface area contributed by atoms with Crippen molar-refractivity contribution in [1.82, 2.24) is 4.98 Å². The average molecular weight is 538 g/mol. The van der Waals surface area contributed by atoms with E-state index in [0.717, 1.165) is 49.1 Å². The van der Waals surface area contributed by atoms with Gasteiger partial charge in [0.2, 0.25) is 5.52 Å². The molecule has 0 saturated carbocycles. The molecule has 2 heterocycles. The van der Waals surface area contributed by atoms with Gasteiger partial charge >= 0.3 is 18.9 Å². The number of pyridine rings is 1. The van der Waals surface area contributed by atoms with Crippen LogP contribution in [-0.2, 0) is 0 Å². The van der Waals surface area contributed by atoms with E-state index < -0.39 is 0 Å². The maximum absolute atomic E-state index is 12.6. The summed E-state index contributed by atoms with van der Waals surface area (Å²) in [6, 6.07) is 42.0. The Morgan fingerprint density at radius 2 is 1.34 bits per heavy atom. The van der Waals surface area contributed by atoms with Gasteiger partial charge in [0.05, 0.1) is 15.6 Å². The Bertz CT molecular complexity index is 2210. The first-order chi connectivity index (χ1) is 19.7. The Labute approximate surface area is 253 Å². The van der Waals surface area contributed by atoms with E-state index in [4.69, 9.17) is 4.98 Å². The maximum Gasteiger partial charge on any atom is 1.00 e. The molecule has 3 nitrogen and oxygen atoms in total. The van der Waals surface area contributed by atoms with Crippen molar-refractivity contribution in [3.05, 3.63) is 128 Å². The molecule has 6 aromatic carbocycles. The molecule has 5 heteroatoms. The molecule has 0 unspecified atom stereocenters. The molecule has 0 aliphatic rings. The zero-order valence-corrected chi connectivity index (χ0v) is 23.2. The van der Waals surface area contributed by atoms with Crippen LogP contribution in [0.1, 0.15) is 0 Å². The minimum absolute atomic E-state index is 0. The number of hydrogen-bond acceptors (Lipinski definition) is 3. The van der Waals surface area contributed by atoms with Crippen LogP contribution in [0.5, 0.6) is 5.75 Å². The summed E-state index contributed by atoms with van der Waals surface area (Å²) in [7, 11) is 0. The van der Waals surface area contributed by atoms with E-state index in [2.05, 4.69) is 96.0 Å². The van der Waals surface area contributed by atoms with Crippen LogP contribution in [-0.4, -0.2) is 4.98 Å². The van der Waals surface area contributed by atoms with Gasteiger partial charge in [0.15, 0.2) is 6.20 Å². The summed E-state index contributed by atoms with van der Waals surface area (Å²) in [4.78, 5) is 7.98. The SMILES string of the molecule is [Li+].[O-]c1ccc(-c2c3ccccc3cc3cc(-c4ccc(-c5nc6ccccc6s5)cc4)ccc23)c2ccc[nH+]c12. The zero-order chi connectivity index (χ0) is 26.6. The molecule has 0 fully saturated rings. The van der Waals surface area contributed by atoms with Gasteiger partial charge in [-0.25, -0.2) is 9.97 Å². The van der Waals surface area contributed by atoms with Crippen LogP contribution in [0.4, 0.5) is 0 Å². The average Bonchev–Trinajstić information content (AvgIpc) is 3.45. The predicted molar refractivity (Wildman–Crippen MR) is 164 cm³/mol. The van der Waals surface area contributed by atoms with Crippen molar-refractivity contribution >= 4 is 54.0 Å². The van der Waals surface area contributed by atoms with Crippen molar-refractivity contribution in [2.45, 2.75) is 0 Å². The molecule has 0 saturated heterocycles. The molecule has 188 valence electrons. The van der Waals surface area contributed by atoms with Gasteiger partial charge < -0.3 is 5.11 Å². The van der Waals surface area contributed by atoms with Crippen molar-refractivity contribution in [1.29, 1.82) is 0 Å². The van der Waals surface area contributed by atoms with Crippen molar-refractivity contribution in [2.24, 2.45) is 0 Å². The van der Waals surface area contributed by atoms with Gasteiger partial charge in [0, 0.05) is 11.6 Å². The zero-order valence-electron chi connectivity index (χ0n) is 22.4. The summed E-state index contributed by atoms with van der Waals surface area (Å²) in [6.07, 6.45) is 1.81. The summed E-state index contributed by atoms with van der Waals surface area (Å²) in [6.45, 7) is 0. The molecule has 0 aliphatic heterocycles. The molecule has 1 N–H and O–H groups in total.